The minimum atomic E-state index is -0.304. The highest BCUT2D eigenvalue weighted by Crippen LogP contribution is 2.17. The molecule has 2 N–H and O–H groups in total. The number of halogens is 1. The number of aromatic nitrogens is 2. The lowest BCUT2D eigenvalue weighted by Gasteiger charge is -2.28. The van der Waals surface area contributed by atoms with Crippen LogP contribution in [0.3, 0.4) is 0 Å². The quantitative estimate of drug-likeness (QED) is 0.840. The number of nitrogens with zero attached hydrogens (tertiary/aromatic N) is 2. The number of benzene rings is 1. The van der Waals surface area contributed by atoms with Crippen LogP contribution >= 0.6 is 0 Å². The monoisotopic (exact) mass is 346 g/mol. The van der Waals surface area contributed by atoms with Gasteiger partial charge in [-0.15, -0.1) is 0 Å². The molecule has 1 fully saturated rings. The fourth-order valence-corrected chi connectivity index (χ4v) is 3.04. The summed E-state index contributed by atoms with van der Waals surface area (Å²) in [7, 11) is 0. The van der Waals surface area contributed by atoms with Crippen LogP contribution in [-0.2, 0) is 11.2 Å². The van der Waals surface area contributed by atoms with Crippen LogP contribution < -0.4 is 10.6 Å². The summed E-state index contributed by atoms with van der Waals surface area (Å²) in [6.45, 7) is 3.08. The minimum Gasteiger partial charge on any atom is -0.353 e. The number of rotatable bonds is 6. The lowest BCUT2D eigenvalue weighted by atomic mass is 10.0. The molecule has 1 amide bonds. The van der Waals surface area contributed by atoms with E-state index in [-0.39, 0.29) is 17.8 Å². The largest absolute Gasteiger partial charge is 0.353 e. The van der Waals surface area contributed by atoms with E-state index in [9.17, 15) is 9.18 Å². The van der Waals surface area contributed by atoms with Crippen molar-refractivity contribution in [3.8, 4) is 11.4 Å². The Labute approximate surface area is 146 Å². The molecule has 2 unspecified atom stereocenters. The van der Waals surface area contributed by atoms with Gasteiger partial charge in [-0.1, -0.05) is 5.16 Å². The van der Waals surface area contributed by atoms with Gasteiger partial charge in [0.2, 0.25) is 17.6 Å². The van der Waals surface area contributed by atoms with Gasteiger partial charge in [0, 0.05) is 30.5 Å². The van der Waals surface area contributed by atoms with Gasteiger partial charge in [0.05, 0.1) is 0 Å². The molecule has 0 radical (unpaired) electrons. The predicted octanol–water partition coefficient (Wildman–Crippen LogP) is 2.46. The number of hydrogen-bond donors (Lipinski definition) is 2. The molecule has 2 aromatic rings. The molecule has 0 saturated carbocycles. The molecule has 6 nitrogen and oxygen atoms in total. The SMILES string of the molecule is CC1CC(NC(=O)CCCc2nc(-c3ccc(F)cc3)no2)CCN1. The van der Waals surface area contributed by atoms with Gasteiger partial charge in [0.15, 0.2) is 0 Å². The number of carbonyl (C=O) groups excluding carboxylic acids is 1. The standard InChI is InChI=1S/C18H23FN4O2/c1-12-11-15(9-10-20-12)21-16(24)3-2-4-17-22-18(23-25-17)13-5-7-14(19)8-6-13/h5-8,12,15,20H,2-4,9-11H2,1H3,(H,21,24). The van der Waals surface area contributed by atoms with Crippen molar-refractivity contribution in [3.63, 3.8) is 0 Å². The normalized spacial score (nSPS) is 20.4. The van der Waals surface area contributed by atoms with E-state index in [4.69, 9.17) is 4.52 Å². The third kappa shape index (κ3) is 5.09. The first-order chi connectivity index (χ1) is 12.1. The molecule has 134 valence electrons. The fourth-order valence-electron chi connectivity index (χ4n) is 3.04. The van der Waals surface area contributed by atoms with E-state index in [2.05, 4.69) is 27.7 Å². The van der Waals surface area contributed by atoms with Crippen LogP contribution in [0.4, 0.5) is 4.39 Å². The highest BCUT2D eigenvalue weighted by molar-refractivity contribution is 5.76. The summed E-state index contributed by atoms with van der Waals surface area (Å²) in [5, 5.41) is 10.4. The van der Waals surface area contributed by atoms with Gasteiger partial charge in [-0.2, -0.15) is 4.98 Å². The summed E-state index contributed by atoms with van der Waals surface area (Å²) in [5.41, 5.74) is 0.703. The lowest BCUT2D eigenvalue weighted by Crippen LogP contribution is -2.46. The van der Waals surface area contributed by atoms with E-state index in [1.807, 2.05) is 0 Å². The molecule has 0 bridgehead atoms. The van der Waals surface area contributed by atoms with Crippen molar-refractivity contribution in [2.24, 2.45) is 0 Å². The first-order valence-corrected chi connectivity index (χ1v) is 8.71. The Hall–Kier alpha value is -2.28. The van der Waals surface area contributed by atoms with Crippen molar-refractivity contribution in [1.29, 1.82) is 0 Å². The Kier molecular flexibility index (Phi) is 5.75. The maximum atomic E-state index is 12.9. The highest BCUT2D eigenvalue weighted by Gasteiger charge is 2.19. The Bertz CT molecular complexity index is 701. The molecular weight excluding hydrogens is 323 g/mol. The number of carbonyl (C=O) groups is 1. The second kappa shape index (κ2) is 8.20. The fraction of sp³-hybridized carbons (Fsp3) is 0.500. The number of nitrogens with one attached hydrogen (secondary N) is 2. The van der Waals surface area contributed by atoms with Crippen molar-refractivity contribution in [1.82, 2.24) is 20.8 Å². The summed E-state index contributed by atoms with van der Waals surface area (Å²) in [5.74, 6) is 0.685. The average molecular weight is 346 g/mol. The zero-order valence-electron chi connectivity index (χ0n) is 14.3. The van der Waals surface area contributed by atoms with Gasteiger partial charge in [0.25, 0.3) is 0 Å². The first kappa shape index (κ1) is 17.5. The van der Waals surface area contributed by atoms with Crippen molar-refractivity contribution in [2.45, 2.75) is 51.1 Å². The van der Waals surface area contributed by atoms with Gasteiger partial charge >= 0.3 is 0 Å². The van der Waals surface area contributed by atoms with Crippen LogP contribution in [0.15, 0.2) is 28.8 Å². The summed E-state index contributed by atoms with van der Waals surface area (Å²) >= 11 is 0. The number of amides is 1. The minimum absolute atomic E-state index is 0.0670. The van der Waals surface area contributed by atoms with E-state index >= 15 is 0 Å². The van der Waals surface area contributed by atoms with Gasteiger partial charge in [0.1, 0.15) is 5.82 Å². The zero-order chi connectivity index (χ0) is 17.6. The number of aryl methyl sites for hydroxylation is 1. The summed E-state index contributed by atoms with van der Waals surface area (Å²) in [6, 6.07) is 6.64. The number of piperidine rings is 1. The van der Waals surface area contributed by atoms with Crippen molar-refractivity contribution in [3.05, 3.63) is 36.0 Å². The Morgan fingerprint density at radius 2 is 2.20 bits per heavy atom. The molecular formula is C18H23FN4O2. The van der Waals surface area contributed by atoms with Crippen molar-refractivity contribution in [2.75, 3.05) is 6.54 Å². The highest BCUT2D eigenvalue weighted by atomic mass is 19.1. The number of hydrogen-bond acceptors (Lipinski definition) is 5. The molecule has 25 heavy (non-hydrogen) atoms. The summed E-state index contributed by atoms with van der Waals surface area (Å²) in [6.07, 6.45) is 3.57. The first-order valence-electron chi connectivity index (χ1n) is 8.71. The van der Waals surface area contributed by atoms with Crippen LogP contribution in [0.25, 0.3) is 11.4 Å². The second-order valence-corrected chi connectivity index (χ2v) is 6.52. The molecule has 1 saturated heterocycles. The van der Waals surface area contributed by atoms with Crippen LogP contribution in [0.2, 0.25) is 0 Å². The topological polar surface area (TPSA) is 80.1 Å². The molecule has 2 heterocycles. The molecule has 1 aromatic heterocycles. The van der Waals surface area contributed by atoms with Gasteiger partial charge in [-0.25, -0.2) is 4.39 Å². The van der Waals surface area contributed by atoms with Gasteiger partial charge < -0.3 is 15.2 Å². The molecule has 1 aliphatic heterocycles. The van der Waals surface area contributed by atoms with E-state index in [0.29, 0.717) is 42.6 Å². The van der Waals surface area contributed by atoms with Crippen molar-refractivity contribution < 1.29 is 13.7 Å². The molecule has 3 rings (SSSR count). The van der Waals surface area contributed by atoms with E-state index in [1.165, 1.54) is 12.1 Å². The second-order valence-electron chi connectivity index (χ2n) is 6.52. The van der Waals surface area contributed by atoms with Crippen LogP contribution in [-0.4, -0.2) is 34.7 Å². The maximum Gasteiger partial charge on any atom is 0.226 e. The van der Waals surface area contributed by atoms with Crippen LogP contribution in [0.1, 0.15) is 38.5 Å². The average Bonchev–Trinajstić information content (AvgIpc) is 3.04. The third-order valence-electron chi connectivity index (χ3n) is 4.35. The Morgan fingerprint density at radius 3 is 2.96 bits per heavy atom. The molecule has 0 aliphatic carbocycles. The molecule has 0 spiro atoms. The van der Waals surface area contributed by atoms with E-state index < -0.39 is 0 Å². The van der Waals surface area contributed by atoms with Gasteiger partial charge in [-0.05, 0) is 57.0 Å². The van der Waals surface area contributed by atoms with Crippen LogP contribution in [0.5, 0.6) is 0 Å². The Balaban J connectivity index is 1.43. The molecule has 1 aromatic carbocycles. The summed E-state index contributed by atoms with van der Waals surface area (Å²) < 4.78 is 18.1. The smallest absolute Gasteiger partial charge is 0.226 e. The molecule has 2 atom stereocenters. The maximum absolute atomic E-state index is 12.9. The summed E-state index contributed by atoms with van der Waals surface area (Å²) in [4.78, 5) is 16.3. The Morgan fingerprint density at radius 1 is 1.40 bits per heavy atom. The molecule has 7 heteroatoms. The zero-order valence-corrected chi connectivity index (χ0v) is 14.3. The van der Waals surface area contributed by atoms with Gasteiger partial charge in [-0.3, -0.25) is 4.79 Å². The molecule has 1 aliphatic rings. The lowest BCUT2D eigenvalue weighted by molar-refractivity contribution is -0.122. The predicted molar refractivity (Wildman–Crippen MR) is 91.3 cm³/mol. The van der Waals surface area contributed by atoms with Crippen LogP contribution in [0, 0.1) is 5.82 Å². The van der Waals surface area contributed by atoms with Crippen molar-refractivity contribution >= 4 is 5.91 Å². The van der Waals surface area contributed by atoms with E-state index in [0.717, 1.165) is 19.4 Å². The third-order valence-corrected chi connectivity index (χ3v) is 4.35. The van der Waals surface area contributed by atoms with E-state index in [1.54, 1.807) is 12.1 Å².